The number of nitrogens with zero attached hydrogens (tertiary/aromatic N) is 2. The normalized spacial score (nSPS) is 20.3. The summed E-state index contributed by atoms with van der Waals surface area (Å²) >= 11 is 0. The molecule has 1 spiro atoms. The van der Waals surface area contributed by atoms with Gasteiger partial charge in [0.1, 0.15) is 0 Å². The van der Waals surface area contributed by atoms with Gasteiger partial charge in [-0.15, -0.1) is 0 Å². The van der Waals surface area contributed by atoms with Crippen LogP contribution in [0.25, 0.3) is 0 Å². The molecule has 0 aromatic heterocycles. The van der Waals surface area contributed by atoms with Crippen molar-refractivity contribution in [1.29, 1.82) is 0 Å². The SMILES string of the molecule is O=C(Cc1ccc([N+](=O)[O-])cc1)N1CCC2(CCNC2)CC1. The van der Waals surface area contributed by atoms with Crippen LogP contribution in [0.4, 0.5) is 5.69 Å². The molecular weight excluding hydrogens is 282 g/mol. The van der Waals surface area contributed by atoms with Crippen molar-refractivity contribution in [2.75, 3.05) is 26.2 Å². The van der Waals surface area contributed by atoms with E-state index >= 15 is 0 Å². The quantitative estimate of drug-likeness (QED) is 0.681. The van der Waals surface area contributed by atoms with Gasteiger partial charge in [-0.1, -0.05) is 12.1 Å². The van der Waals surface area contributed by atoms with Crippen molar-refractivity contribution in [3.05, 3.63) is 39.9 Å². The third-order valence-corrected chi connectivity index (χ3v) is 5.01. The Bertz CT molecular complexity index is 555. The van der Waals surface area contributed by atoms with Crippen molar-refractivity contribution in [3.8, 4) is 0 Å². The molecule has 1 aromatic rings. The number of benzene rings is 1. The Morgan fingerprint density at radius 1 is 1.23 bits per heavy atom. The summed E-state index contributed by atoms with van der Waals surface area (Å²) in [7, 11) is 0. The van der Waals surface area contributed by atoms with E-state index in [0.29, 0.717) is 11.8 Å². The van der Waals surface area contributed by atoms with E-state index in [-0.39, 0.29) is 11.6 Å². The first-order valence-electron chi connectivity index (χ1n) is 7.80. The first-order valence-corrected chi connectivity index (χ1v) is 7.80. The van der Waals surface area contributed by atoms with Crippen LogP contribution in [-0.2, 0) is 11.2 Å². The predicted octanol–water partition coefficient (Wildman–Crippen LogP) is 1.74. The van der Waals surface area contributed by atoms with E-state index in [0.717, 1.165) is 44.6 Å². The highest BCUT2D eigenvalue weighted by atomic mass is 16.6. The van der Waals surface area contributed by atoms with Gasteiger partial charge in [-0.05, 0) is 36.8 Å². The lowest BCUT2D eigenvalue weighted by Crippen LogP contribution is -2.44. The van der Waals surface area contributed by atoms with Crippen molar-refractivity contribution in [1.82, 2.24) is 10.2 Å². The van der Waals surface area contributed by atoms with E-state index in [2.05, 4.69) is 5.32 Å². The molecule has 6 nitrogen and oxygen atoms in total. The highest BCUT2D eigenvalue weighted by Crippen LogP contribution is 2.36. The first-order chi connectivity index (χ1) is 10.6. The van der Waals surface area contributed by atoms with E-state index in [9.17, 15) is 14.9 Å². The van der Waals surface area contributed by atoms with Gasteiger partial charge in [0, 0.05) is 31.8 Å². The largest absolute Gasteiger partial charge is 0.342 e. The zero-order chi connectivity index (χ0) is 15.6. The fraction of sp³-hybridized carbons (Fsp3) is 0.562. The van der Waals surface area contributed by atoms with E-state index < -0.39 is 4.92 Å². The van der Waals surface area contributed by atoms with Crippen LogP contribution in [0.3, 0.4) is 0 Å². The smallest absolute Gasteiger partial charge is 0.269 e. The highest BCUT2D eigenvalue weighted by molar-refractivity contribution is 5.79. The van der Waals surface area contributed by atoms with Crippen LogP contribution < -0.4 is 5.32 Å². The zero-order valence-corrected chi connectivity index (χ0v) is 12.6. The summed E-state index contributed by atoms with van der Waals surface area (Å²) in [4.78, 5) is 24.5. The molecule has 0 bridgehead atoms. The Balaban J connectivity index is 1.55. The maximum atomic E-state index is 12.4. The molecular formula is C16H21N3O3. The van der Waals surface area contributed by atoms with Crippen LogP contribution in [-0.4, -0.2) is 41.9 Å². The topological polar surface area (TPSA) is 75.5 Å². The molecule has 1 N–H and O–H groups in total. The molecule has 2 saturated heterocycles. The first kappa shape index (κ1) is 15.0. The molecule has 118 valence electrons. The van der Waals surface area contributed by atoms with Crippen LogP contribution in [0.15, 0.2) is 24.3 Å². The van der Waals surface area contributed by atoms with Crippen molar-refractivity contribution in [2.45, 2.75) is 25.7 Å². The Hall–Kier alpha value is -1.95. The summed E-state index contributed by atoms with van der Waals surface area (Å²) in [5.41, 5.74) is 1.30. The second-order valence-electron chi connectivity index (χ2n) is 6.41. The van der Waals surface area contributed by atoms with Crippen LogP contribution in [0.2, 0.25) is 0 Å². The second-order valence-corrected chi connectivity index (χ2v) is 6.41. The van der Waals surface area contributed by atoms with Gasteiger partial charge in [0.15, 0.2) is 0 Å². The number of nitro benzene ring substituents is 1. The Labute approximate surface area is 129 Å². The minimum Gasteiger partial charge on any atom is -0.342 e. The number of carbonyl (C=O) groups is 1. The summed E-state index contributed by atoms with van der Waals surface area (Å²) in [6.07, 6.45) is 3.69. The number of rotatable bonds is 3. The van der Waals surface area contributed by atoms with Crippen molar-refractivity contribution >= 4 is 11.6 Å². The Morgan fingerprint density at radius 3 is 2.45 bits per heavy atom. The third kappa shape index (κ3) is 3.11. The molecule has 6 heteroatoms. The number of nitrogens with one attached hydrogen (secondary N) is 1. The van der Waals surface area contributed by atoms with E-state index in [1.54, 1.807) is 12.1 Å². The predicted molar refractivity (Wildman–Crippen MR) is 82.5 cm³/mol. The minimum absolute atomic E-state index is 0.0600. The molecule has 1 aromatic carbocycles. The lowest BCUT2D eigenvalue weighted by Gasteiger charge is -2.39. The zero-order valence-electron chi connectivity index (χ0n) is 12.6. The highest BCUT2D eigenvalue weighted by Gasteiger charge is 2.37. The van der Waals surface area contributed by atoms with Gasteiger partial charge in [-0.2, -0.15) is 0 Å². The van der Waals surface area contributed by atoms with Gasteiger partial charge in [0.25, 0.3) is 5.69 Å². The van der Waals surface area contributed by atoms with Gasteiger partial charge >= 0.3 is 0 Å². The summed E-state index contributed by atoms with van der Waals surface area (Å²) in [6, 6.07) is 6.25. The summed E-state index contributed by atoms with van der Waals surface area (Å²) in [6.45, 7) is 3.83. The van der Waals surface area contributed by atoms with Crippen molar-refractivity contribution in [2.24, 2.45) is 5.41 Å². The van der Waals surface area contributed by atoms with E-state index in [4.69, 9.17) is 0 Å². The third-order valence-electron chi connectivity index (χ3n) is 5.01. The van der Waals surface area contributed by atoms with Crippen molar-refractivity contribution < 1.29 is 9.72 Å². The van der Waals surface area contributed by atoms with Crippen LogP contribution >= 0.6 is 0 Å². The summed E-state index contributed by atoms with van der Waals surface area (Å²) in [5, 5.41) is 14.1. The molecule has 1 amide bonds. The number of piperidine rings is 1. The molecule has 3 rings (SSSR count). The molecule has 22 heavy (non-hydrogen) atoms. The molecule has 2 aliphatic rings. The lowest BCUT2D eigenvalue weighted by atomic mass is 9.78. The van der Waals surface area contributed by atoms with Crippen LogP contribution in [0.1, 0.15) is 24.8 Å². The second kappa shape index (κ2) is 6.04. The molecule has 2 heterocycles. The summed E-state index contributed by atoms with van der Waals surface area (Å²) in [5.74, 6) is 0.120. The van der Waals surface area contributed by atoms with Crippen molar-refractivity contribution in [3.63, 3.8) is 0 Å². The number of nitro groups is 1. The number of likely N-dealkylation sites (tertiary alicyclic amines) is 1. The summed E-state index contributed by atoms with van der Waals surface area (Å²) < 4.78 is 0. The fourth-order valence-corrected chi connectivity index (χ4v) is 3.47. The Kier molecular flexibility index (Phi) is 4.11. The van der Waals surface area contributed by atoms with Gasteiger partial charge in [-0.25, -0.2) is 0 Å². The Morgan fingerprint density at radius 2 is 1.91 bits per heavy atom. The maximum Gasteiger partial charge on any atom is 0.269 e. The molecule has 0 aliphatic carbocycles. The van der Waals surface area contributed by atoms with E-state index in [1.807, 2.05) is 4.90 Å². The fourth-order valence-electron chi connectivity index (χ4n) is 3.47. The molecule has 0 unspecified atom stereocenters. The monoisotopic (exact) mass is 303 g/mol. The number of non-ortho nitro benzene ring substituents is 1. The molecule has 0 radical (unpaired) electrons. The van der Waals surface area contributed by atoms with Gasteiger partial charge in [0.2, 0.25) is 5.91 Å². The number of hydrogen-bond donors (Lipinski definition) is 1. The van der Waals surface area contributed by atoms with Gasteiger partial charge in [-0.3, -0.25) is 14.9 Å². The standard InChI is InChI=1S/C16H21N3O3/c20-15(11-13-1-3-14(4-2-13)19(21)22)18-9-6-16(7-10-18)5-8-17-12-16/h1-4,17H,5-12H2. The number of hydrogen-bond acceptors (Lipinski definition) is 4. The lowest BCUT2D eigenvalue weighted by molar-refractivity contribution is -0.384. The molecule has 0 atom stereocenters. The number of amides is 1. The average molecular weight is 303 g/mol. The number of carbonyl (C=O) groups excluding carboxylic acids is 1. The average Bonchev–Trinajstić information content (AvgIpc) is 2.96. The van der Waals surface area contributed by atoms with Gasteiger partial charge in [0.05, 0.1) is 11.3 Å². The van der Waals surface area contributed by atoms with Crippen LogP contribution in [0, 0.1) is 15.5 Å². The molecule has 0 saturated carbocycles. The minimum atomic E-state index is -0.425. The maximum absolute atomic E-state index is 12.4. The van der Waals surface area contributed by atoms with Gasteiger partial charge < -0.3 is 10.2 Å². The van der Waals surface area contributed by atoms with E-state index in [1.165, 1.54) is 18.6 Å². The molecule has 2 fully saturated rings. The molecule has 2 aliphatic heterocycles. The van der Waals surface area contributed by atoms with Crippen LogP contribution in [0.5, 0.6) is 0 Å².